The highest BCUT2D eigenvalue weighted by Crippen LogP contribution is 2.52. The quantitative estimate of drug-likeness (QED) is 0.0333. The highest BCUT2D eigenvalue weighted by atomic mass is 32.2. The van der Waals surface area contributed by atoms with Gasteiger partial charge in [0, 0.05) is 77.9 Å². The van der Waals surface area contributed by atoms with Crippen LogP contribution in [0.4, 0.5) is 0 Å². The Morgan fingerprint density at radius 2 is 1.64 bits per heavy atom. The molecule has 3 N–H and O–H groups in total. The number of aldehydes is 1. The number of morpholine rings is 1. The summed E-state index contributed by atoms with van der Waals surface area (Å²) in [5.74, 6) is -4.43. The zero-order chi connectivity index (χ0) is 53.5. The molecule has 0 spiro atoms. The van der Waals surface area contributed by atoms with Crippen molar-refractivity contribution in [3.8, 4) is 17.2 Å². The first kappa shape index (κ1) is 58.8. The molecule has 408 valence electrons. The van der Waals surface area contributed by atoms with Crippen molar-refractivity contribution in [3.05, 3.63) is 51.6 Å². The van der Waals surface area contributed by atoms with E-state index in [2.05, 4.69) is 17.9 Å². The van der Waals surface area contributed by atoms with Crippen molar-refractivity contribution in [1.82, 2.24) is 15.1 Å². The van der Waals surface area contributed by atoms with Crippen LogP contribution in [-0.4, -0.2) is 189 Å². The highest BCUT2D eigenvalue weighted by Gasteiger charge is 2.45. The zero-order valence-corrected chi connectivity index (χ0v) is 44.5. The number of ether oxygens (including phenoxy) is 8. The number of Topliss-reactive ketones (excluding diaryl/α,β-unsaturated/α-hetero) is 1. The molecular formula is C52H71N3O17S2. The molecule has 2 heterocycles. The second-order valence-electron chi connectivity index (χ2n) is 19.1. The molecule has 2 aliphatic carbocycles. The van der Waals surface area contributed by atoms with Crippen LogP contribution in [0.5, 0.6) is 17.2 Å². The summed E-state index contributed by atoms with van der Waals surface area (Å²) in [5.41, 5.74) is -0.558. The maximum absolute atomic E-state index is 14.1. The SMILES string of the molecule is CCC(C)(S)C(C=O)CC(=O)N(C)CCOCCOCCOCCN(C=O)C(=O)CC(C)SCC(=O)C1Cc2c(O)c3c(c(O)c2[C@@H](O[C@H]2CC[C@H](O[C@@H]4COCCN4)CO2)C1)C(=O)c1c(OC)cccc1C3=O. The van der Waals surface area contributed by atoms with Crippen molar-refractivity contribution in [1.29, 1.82) is 0 Å². The summed E-state index contributed by atoms with van der Waals surface area (Å²) in [4.78, 5) is 94.0. The van der Waals surface area contributed by atoms with E-state index in [4.69, 9.17) is 37.9 Å². The van der Waals surface area contributed by atoms with Crippen LogP contribution in [0.15, 0.2) is 18.2 Å². The van der Waals surface area contributed by atoms with Crippen molar-refractivity contribution < 1.29 is 81.7 Å². The Kier molecular flexibility index (Phi) is 22.3. The fourth-order valence-corrected chi connectivity index (χ4v) is 10.4. The van der Waals surface area contributed by atoms with Gasteiger partial charge in [0.25, 0.3) is 0 Å². The monoisotopic (exact) mass is 1070 g/mol. The molecule has 20 nitrogen and oxygen atoms in total. The van der Waals surface area contributed by atoms with Gasteiger partial charge in [0.15, 0.2) is 12.1 Å². The smallest absolute Gasteiger partial charge is 0.230 e. The molecule has 4 aliphatic rings. The lowest BCUT2D eigenvalue weighted by Crippen LogP contribution is -2.47. The Morgan fingerprint density at radius 3 is 2.27 bits per heavy atom. The second kappa shape index (κ2) is 28.0. The van der Waals surface area contributed by atoms with Gasteiger partial charge in [-0.2, -0.15) is 24.4 Å². The lowest BCUT2D eigenvalue weighted by molar-refractivity contribution is -0.229. The second-order valence-corrected chi connectivity index (χ2v) is 21.5. The molecule has 0 aromatic heterocycles. The maximum atomic E-state index is 14.1. The third-order valence-corrected chi connectivity index (χ3v) is 15.8. The van der Waals surface area contributed by atoms with Crippen molar-refractivity contribution in [2.45, 2.75) is 100 Å². The number of fused-ring (bicyclic) bond motifs is 3. The van der Waals surface area contributed by atoms with Crippen molar-refractivity contribution in [2.24, 2.45) is 11.8 Å². The summed E-state index contributed by atoms with van der Waals surface area (Å²) in [6, 6.07) is 4.53. The molecule has 2 saturated heterocycles. The molecular weight excluding hydrogens is 1000 g/mol. The molecule has 2 fully saturated rings. The number of benzene rings is 2. The Hall–Kier alpha value is -4.49. The first-order valence-corrected chi connectivity index (χ1v) is 26.7. The van der Waals surface area contributed by atoms with Gasteiger partial charge < -0.3 is 57.8 Å². The number of methoxy groups -OCH3 is 1. The standard InChI is InChI=1S/C52H71N3O17S2/c1-6-52(3,73)33(26-56)25-41(59)54(4)13-16-66-18-20-68-21-19-67-17-14-55(30-57)42(60)22-31(2)74-29-37(58)32-23-36-45(39(24-32)72-43-11-10-34(27-70-43)71-40-28-69-15-12-53-40)51(64)47-46(49(36)62)48(61)35-8-7-9-38(65-5)44(35)50(47)63/h7-9,26,30-34,39-40,43,53,62,64,73H,6,10-25,27-29H2,1-5H3/t31?,32?,33?,34-,39-,40+,43-,52?/m0/s1. The molecule has 6 rings (SSSR count). The largest absolute Gasteiger partial charge is 0.507 e. The van der Waals surface area contributed by atoms with Gasteiger partial charge >= 0.3 is 0 Å². The number of ketones is 3. The van der Waals surface area contributed by atoms with E-state index < -0.39 is 57.9 Å². The number of likely N-dealkylation sites (N-methyl/N-ethyl adjacent to an activating group) is 1. The number of nitrogens with zero attached hydrogens (tertiary/aromatic N) is 2. The normalized spacial score (nSPS) is 22.1. The van der Waals surface area contributed by atoms with Gasteiger partial charge in [0.05, 0.1) is 108 Å². The Balaban J connectivity index is 0.970. The minimum absolute atomic E-state index is 0.00404. The van der Waals surface area contributed by atoms with E-state index in [1.54, 1.807) is 20.0 Å². The number of hydrogen-bond donors (Lipinski definition) is 4. The lowest BCUT2D eigenvalue weighted by Gasteiger charge is -2.38. The maximum Gasteiger partial charge on any atom is 0.230 e. The third-order valence-electron chi connectivity index (χ3n) is 14.0. The molecule has 4 unspecified atom stereocenters. The minimum Gasteiger partial charge on any atom is -0.507 e. The number of carbonyl (C=O) groups is 7. The van der Waals surface area contributed by atoms with Crippen molar-refractivity contribution >= 4 is 66.3 Å². The van der Waals surface area contributed by atoms with E-state index in [0.29, 0.717) is 65.2 Å². The topological polar surface area (TPSA) is 252 Å². The zero-order valence-electron chi connectivity index (χ0n) is 42.8. The van der Waals surface area contributed by atoms with E-state index in [9.17, 15) is 43.8 Å². The predicted molar refractivity (Wildman–Crippen MR) is 273 cm³/mol. The number of aromatic hydroxyl groups is 2. The van der Waals surface area contributed by atoms with Gasteiger partial charge in [-0.25, -0.2) is 0 Å². The van der Waals surface area contributed by atoms with Crippen LogP contribution >= 0.6 is 24.4 Å². The first-order valence-electron chi connectivity index (χ1n) is 25.2. The van der Waals surface area contributed by atoms with Crippen LogP contribution in [0.25, 0.3) is 0 Å². The molecule has 8 atom stereocenters. The Bertz CT molecular complexity index is 2300. The molecule has 2 aromatic carbocycles. The minimum atomic E-state index is -1.04. The van der Waals surface area contributed by atoms with Gasteiger partial charge in [-0.05, 0) is 38.7 Å². The number of thiol groups is 1. The number of phenols is 2. The number of rotatable bonds is 29. The number of hydrogen-bond acceptors (Lipinski definition) is 20. The molecule has 3 amide bonds. The number of amides is 3. The average Bonchev–Trinajstić information content (AvgIpc) is 3.40. The number of imide groups is 1. The lowest BCUT2D eigenvalue weighted by atomic mass is 9.74. The van der Waals surface area contributed by atoms with Gasteiger partial charge in [-0.1, -0.05) is 26.0 Å². The number of carbonyl (C=O) groups excluding carboxylic acids is 7. The van der Waals surface area contributed by atoms with Crippen molar-refractivity contribution in [3.63, 3.8) is 0 Å². The molecule has 74 heavy (non-hydrogen) atoms. The molecule has 2 aromatic rings. The molecule has 0 radical (unpaired) electrons. The van der Waals surface area contributed by atoms with Gasteiger partial charge in [-0.3, -0.25) is 39.0 Å². The predicted octanol–water partition coefficient (Wildman–Crippen LogP) is 3.85. The van der Waals surface area contributed by atoms with E-state index in [1.807, 2.05) is 13.8 Å². The van der Waals surface area contributed by atoms with Gasteiger partial charge in [0.1, 0.15) is 35.5 Å². The summed E-state index contributed by atoms with van der Waals surface area (Å²) >= 11 is 5.76. The molecule has 0 bridgehead atoms. The van der Waals surface area contributed by atoms with E-state index >= 15 is 0 Å². The van der Waals surface area contributed by atoms with Crippen LogP contribution in [0.2, 0.25) is 0 Å². The molecule has 2 aliphatic heterocycles. The Morgan fingerprint density at radius 1 is 0.932 bits per heavy atom. The van der Waals surface area contributed by atoms with Crippen LogP contribution in [0, 0.1) is 11.8 Å². The summed E-state index contributed by atoms with van der Waals surface area (Å²) in [6.07, 6.45) is 0.497. The highest BCUT2D eigenvalue weighted by molar-refractivity contribution is 8.00. The average molecular weight is 1070 g/mol. The van der Waals surface area contributed by atoms with Crippen LogP contribution in [0.1, 0.15) is 108 Å². The summed E-state index contributed by atoms with van der Waals surface area (Å²) in [6.45, 7) is 9.16. The van der Waals surface area contributed by atoms with E-state index in [-0.39, 0.29) is 139 Å². The number of thioether (sulfide) groups is 1. The fraction of sp³-hybridized carbons (Fsp3) is 0.635. The van der Waals surface area contributed by atoms with E-state index in [1.165, 1.54) is 35.9 Å². The van der Waals surface area contributed by atoms with Crippen LogP contribution in [-0.2, 0) is 63.6 Å². The summed E-state index contributed by atoms with van der Waals surface area (Å²) in [5, 5.41) is 26.8. The number of phenolic OH excluding ortho intramolecular Hbond substituents is 2. The third kappa shape index (κ3) is 14.9. The van der Waals surface area contributed by atoms with Gasteiger partial charge in [-0.15, -0.1) is 0 Å². The Labute approximate surface area is 441 Å². The van der Waals surface area contributed by atoms with Crippen LogP contribution < -0.4 is 10.1 Å². The molecule has 0 saturated carbocycles. The van der Waals surface area contributed by atoms with Crippen molar-refractivity contribution in [2.75, 3.05) is 99.0 Å². The van der Waals surface area contributed by atoms with E-state index in [0.717, 1.165) is 11.2 Å². The molecule has 22 heteroatoms. The summed E-state index contributed by atoms with van der Waals surface area (Å²) in [7, 11) is 3.02. The first-order chi connectivity index (χ1) is 35.5. The van der Waals surface area contributed by atoms with Crippen LogP contribution in [0.3, 0.4) is 0 Å². The fourth-order valence-electron chi connectivity index (χ4n) is 9.26. The summed E-state index contributed by atoms with van der Waals surface area (Å²) < 4.78 is 45.8. The number of nitrogens with one attached hydrogen (secondary N) is 1. The van der Waals surface area contributed by atoms with Gasteiger partial charge in [0.2, 0.25) is 24.0 Å².